The Balaban J connectivity index is 1.59. The van der Waals surface area contributed by atoms with Crippen molar-refractivity contribution in [1.29, 1.82) is 0 Å². The van der Waals surface area contributed by atoms with Gasteiger partial charge in [-0.3, -0.25) is 4.98 Å². The zero-order valence-corrected chi connectivity index (χ0v) is 12.9. The van der Waals surface area contributed by atoms with Crippen molar-refractivity contribution in [2.45, 2.75) is 20.0 Å². The molecule has 0 saturated carbocycles. The molecular formula is C17H18N6. The number of hydrogen-bond donors (Lipinski definition) is 2. The first-order valence-corrected chi connectivity index (χ1v) is 7.41. The molecule has 0 radical (unpaired) electrons. The van der Waals surface area contributed by atoms with Gasteiger partial charge in [0.15, 0.2) is 5.82 Å². The number of aryl methyl sites for hydroxylation is 1. The number of aromatic nitrogens is 4. The molecule has 6 heteroatoms. The first-order valence-electron chi connectivity index (χ1n) is 7.41. The van der Waals surface area contributed by atoms with Crippen LogP contribution in [0.15, 0.2) is 55.0 Å². The second kappa shape index (κ2) is 7.31. The van der Waals surface area contributed by atoms with Crippen molar-refractivity contribution in [3.05, 3.63) is 71.7 Å². The van der Waals surface area contributed by atoms with Crippen molar-refractivity contribution >= 4 is 11.8 Å². The van der Waals surface area contributed by atoms with Crippen molar-refractivity contribution in [2.24, 2.45) is 0 Å². The minimum absolute atomic E-state index is 0.502. The van der Waals surface area contributed by atoms with Crippen LogP contribution in [0, 0.1) is 6.92 Å². The first kappa shape index (κ1) is 14.9. The Bertz CT molecular complexity index is 760. The maximum atomic E-state index is 4.41. The number of pyridine rings is 1. The van der Waals surface area contributed by atoms with E-state index in [1.165, 1.54) is 11.1 Å². The molecule has 116 valence electrons. The lowest BCUT2D eigenvalue weighted by molar-refractivity contribution is 0.936. The minimum Gasteiger partial charge on any atom is -0.364 e. The van der Waals surface area contributed by atoms with Crippen LogP contribution in [0.2, 0.25) is 0 Å². The summed E-state index contributed by atoms with van der Waals surface area (Å²) in [5, 5.41) is 14.4. The molecule has 0 spiro atoms. The summed E-state index contributed by atoms with van der Waals surface area (Å²) in [6, 6.07) is 12.2. The SMILES string of the molecule is Cc1cccc(CNc2nncc(NCc3cccnc3)n2)c1. The highest BCUT2D eigenvalue weighted by atomic mass is 15.3. The summed E-state index contributed by atoms with van der Waals surface area (Å²) in [5.41, 5.74) is 3.50. The van der Waals surface area contributed by atoms with Gasteiger partial charge in [0.1, 0.15) is 0 Å². The van der Waals surface area contributed by atoms with Crippen LogP contribution in [0.4, 0.5) is 11.8 Å². The van der Waals surface area contributed by atoms with Gasteiger partial charge < -0.3 is 10.6 Å². The molecule has 0 aliphatic heterocycles. The van der Waals surface area contributed by atoms with E-state index in [0.717, 1.165) is 5.56 Å². The van der Waals surface area contributed by atoms with Crippen molar-refractivity contribution in [3.8, 4) is 0 Å². The molecule has 0 aliphatic rings. The van der Waals surface area contributed by atoms with E-state index in [-0.39, 0.29) is 0 Å². The van der Waals surface area contributed by atoms with E-state index in [0.29, 0.717) is 24.9 Å². The molecule has 0 amide bonds. The van der Waals surface area contributed by atoms with Crippen LogP contribution >= 0.6 is 0 Å². The van der Waals surface area contributed by atoms with Crippen molar-refractivity contribution in [2.75, 3.05) is 10.6 Å². The van der Waals surface area contributed by atoms with Crippen LogP contribution in [0.5, 0.6) is 0 Å². The molecule has 2 N–H and O–H groups in total. The minimum atomic E-state index is 0.502. The van der Waals surface area contributed by atoms with Gasteiger partial charge in [-0.1, -0.05) is 35.9 Å². The number of nitrogens with zero attached hydrogens (tertiary/aromatic N) is 4. The molecule has 1 aromatic carbocycles. The zero-order chi connectivity index (χ0) is 15.9. The third-order valence-corrected chi connectivity index (χ3v) is 3.29. The molecule has 0 unspecified atom stereocenters. The largest absolute Gasteiger partial charge is 0.364 e. The molecule has 3 rings (SSSR count). The standard InChI is InChI=1S/C17H18N6/c1-13-4-2-5-14(8-13)10-20-17-22-16(12-21-23-17)19-11-15-6-3-7-18-9-15/h2-9,12H,10-11H2,1H3,(H2,19,20,22,23). The van der Waals surface area contributed by atoms with Crippen LogP contribution in [-0.2, 0) is 13.1 Å². The summed E-state index contributed by atoms with van der Waals surface area (Å²) in [4.78, 5) is 8.49. The Morgan fingerprint density at radius 3 is 2.65 bits per heavy atom. The highest BCUT2D eigenvalue weighted by Gasteiger charge is 2.01. The lowest BCUT2D eigenvalue weighted by Gasteiger charge is -2.08. The molecule has 6 nitrogen and oxygen atoms in total. The molecular weight excluding hydrogens is 288 g/mol. The van der Waals surface area contributed by atoms with Crippen molar-refractivity contribution in [1.82, 2.24) is 20.2 Å². The number of nitrogens with one attached hydrogen (secondary N) is 2. The molecule has 2 heterocycles. The van der Waals surface area contributed by atoms with E-state index >= 15 is 0 Å². The topological polar surface area (TPSA) is 75.6 Å². The van der Waals surface area contributed by atoms with E-state index in [1.807, 2.05) is 24.4 Å². The summed E-state index contributed by atoms with van der Waals surface area (Å²) < 4.78 is 0. The van der Waals surface area contributed by atoms with E-state index in [4.69, 9.17) is 0 Å². The maximum Gasteiger partial charge on any atom is 0.244 e. The summed E-state index contributed by atoms with van der Waals surface area (Å²) >= 11 is 0. The first-order chi connectivity index (χ1) is 11.3. The van der Waals surface area contributed by atoms with Crippen LogP contribution in [0.25, 0.3) is 0 Å². The Kier molecular flexibility index (Phi) is 4.73. The molecule has 23 heavy (non-hydrogen) atoms. The average molecular weight is 306 g/mol. The summed E-state index contributed by atoms with van der Waals surface area (Å²) in [7, 11) is 0. The molecule has 0 saturated heterocycles. The van der Waals surface area contributed by atoms with E-state index in [2.05, 4.69) is 55.9 Å². The predicted octanol–water partition coefficient (Wildman–Crippen LogP) is 2.80. The summed E-state index contributed by atoms with van der Waals surface area (Å²) in [6.45, 7) is 3.38. The van der Waals surface area contributed by atoms with E-state index in [1.54, 1.807) is 12.4 Å². The van der Waals surface area contributed by atoms with Gasteiger partial charge in [-0.25, -0.2) is 0 Å². The van der Waals surface area contributed by atoms with Gasteiger partial charge in [0, 0.05) is 25.5 Å². The number of hydrogen-bond acceptors (Lipinski definition) is 6. The van der Waals surface area contributed by atoms with Crippen molar-refractivity contribution in [3.63, 3.8) is 0 Å². The van der Waals surface area contributed by atoms with Gasteiger partial charge in [-0.2, -0.15) is 10.1 Å². The van der Waals surface area contributed by atoms with E-state index in [9.17, 15) is 0 Å². The zero-order valence-electron chi connectivity index (χ0n) is 12.9. The van der Waals surface area contributed by atoms with Crippen molar-refractivity contribution < 1.29 is 0 Å². The Labute approximate surface area is 135 Å². The maximum absolute atomic E-state index is 4.41. The third-order valence-electron chi connectivity index (χ3n) is 3.29. The lowest BCUT2D eigenvalue weighted by Crippen LogP contribution is -2.08. The quantitative estimate of drug-likeness (QED) is 0.729. The fraction of sp³-hybridized carbons (Fsp3) is 0.176. The summed E-state index contributed by atoms with van der Waals surface area (Å²) in [6.07, 6.45) is 5.18. The second-order valence-electron chi connectivity index (χ2n) is 5.22. The summed E-state index contributed by atoms with van der Waals surface area (Å²) in [5.74, 6) is 1.18. The predicted molar refractivity (Wildman–Crippen MR) is 89.9 cm³/mol. The number of rotatable bonds is 6. The average Bonchev–Trinajstić information content (AvgIpc) is 2.60. The number of benzene rings is 1. The van der Waals surface area contributed by atoms with Crippen LogP contribution in [-0.4, -0.2) is 20.2 Å². The second-order valence-corrected chi connectivity index (χ2v) is 5.22. The fourth-order valence-electron chi connectivity index (χ4n) is 2.16. The Morgan fingerprint density at radius 2 is 1.83 bits per heavy atom. The molecule has 0 aliphatic carbocycles. The van der Waals surface area contributed by atoms with Gasteiger partial charge in [-0.15, -0.1) is 5.10 Å². The normalized spacial score (nSPS) is 10.3. The van der Waals surface area contributed by atoms with Gasteiger partial charge >= 0.3 is 0 Å². The van der Waals surface area contributed by atoms with Gasteiger partial charge in [0.25, 0.3) is 0 Å². The highest BCUT2D eigenvalue weighted by molar-refractivity contribution is 5.38. The number of anilines is 2. The van der Waals surface area contributed by atoms with Crippen LogP contribution in [0.1, 0.15) is 16.7 Å². The Hall–Kier alpha value is -3.02. The lowest BCUT2D eigenvalue weighted by atomic mass is 10.1. The van der Waals surface area contributed by atoms with Crippen LogP contribution in [0.3, 0.4) is 0 Å². The smallest absolute Gasteiger partial charge is 0.244 e. The van der Waals surface area contributed by atoms with Gasteiger partial charge in [-0.05, 0) is 24.1 Å². The molecule has 2 aromatic heterocycles. The Morgan fingerprint density at radius 1 is 0.957 bits per heavy atom. The van der Waals surface area contributed by atoms with Crippen LogP contribution < -0.4 is 10.6 Å². The van der Waals surface area contributed by atoms with E-state index < -0.39 is 0 Å². The van der Waals surface area contributed by atoms with Gasteiger partial charge in [0.05, 0.1) is 6.20 Å². The van der Waals surface area contributed by atoms with Gasteiger partial charge in [0.2, 0.25) is 5.95 Å². The molecule has 0 bridgehead atoms. The molecule has 0 atom stereocenters. The molecule has 3 aromatic rings. The highest BCUT2D eigenvalue weighted by Crippen LogP contribution is 2.09. The molecule has 0 fully saturated rings. The third kappa shape index (κ3) is 4.47. The fourth-order valence-corrected chi connectivity index (χ4v) is 2.16. The monoisotopic (exact) mass is 306 g/mol.